The summed E-state index contributed by atoms with van der Waals surface area (Å²) in [6, 6.07) is 9.43. The highest BCUT2D eigenvalue weighted by Gasteiger charge is 2.45. The van der Waals surface area contributed by atoms with Gasteiger partial charge >= 0.3 is 5.97 Å². The lowest BCUT2D eigenvalue weighted by atomic mass is 9.98. The number of hydrogen-bond acceptors (Lipinski definition) is 4. The highest BCUT2D eigenvalue weighted by Crippen LogP contribution is 2.38. The van der Waals surface area contributed by atoms with Gasteiger partial charge in [0, 0.05) is 0 Å². The molecule has 1 saturated carbocycles. The fourth-order valence-electron chi connectivity index (χ4n) is 1.82. The molecule has 1 atom stereocenters. The van der Waals surface area contributed by atoms with Crippen molar-refractivity contribution in [3.63, 3.8) is 0 Å². The first-order chi connectivity index (χ1) is 8.60. The Morgan fingerprint density at radius 3 is 2.61 bits per heavy atom. The maximum Gasteiger partial charge on any atom is 0.326 e. The number of hydrogen-bond donors (Lipinski definition) is 1. The van der Waals surface area contributed by atoms with Gasteiger partial charge in [-0.05, 0) is 37.8 Å². The molecule has 98 valence electrons. The lowest BCUT2D eigenvalue weighted by molar-refractivity contribution is -0.151. The van der Waals surface area contributed by atoms with Crippen molar-refractivity contribution in [2.75, 3.05) is 13.2 Å². The van der Waals surface area contributed by atoms with E-state index in [0.717, 1.165) is 18.6 Å². The second-order valence-electron chi connectivity index (χ2n) is 4.85. The van der Waals surface area contributed by atoms with Gasteiger partial charge in [0.15, 0.2) is 0 Å². The normalized spacial score (nSPS) is 17.9. The molecule has 4 heteroatoms. The van der Waals surface area contributed by atoms with Crippen molar-refractivity contribution < 1.29 is 14.3 Å². The van der Waals surface area contributed by atoms with Crippen molar-refractivity contribution in [1.29, 1.82) is 0 Å². The van der Waals surface area contributed by atoms with Crippen LogP contribution in [0.15, 0.2) is 30.3 Å². The van der Waals surface area contributed by atoms with Gasteiger partial charge < -0.3 is 15.2 Å². The Morgan fingerprint density at radius 2 is 2.00 bits per heavy atom. The van der Waals surface area contributed by atoms with Crippen LogP contribution in [0, 0.1) is 5.92 Å². The van der Waals surface area contributed by atoms with Crippen LogP contribution >= 0.6 is 0 Å². The number of esters is 1. The molecule has 0 heterocycles. The van der Waals surface area contributed by atoms with Crippen LogP contribution in [0.3, 0.4) is 0 Å². The van der Waals surface area contributed by atoms with Gasteiger partial charge in [-0.25, -0.2) is 0 Å². The van der Waals surface area contributed by atoms with Gasteiger partial charge in [-0.2, -0.15) is 0 Å². The highest BCUT2D eigenvalue weighted by molar-refractivity contribution is 5.80. The molecule has 4 nitrogen and oxygen atoms in total. The number of carbonyl (C=O) groups excluding carboxylic acids is 1. The number of carbonyl (C=O) groups is 1. The van der Waals surface area contributed by atoms with E-state index in [1.807, 2.05) is 30.3 Å². The average Bonchev–Trinajstić information content (AvgIpc) is 3.20. The van der Waals surface area contributed by atoms with Gasteiger partial charge in [0.2, 0.25) is 0 Å². The van der Waals surface area contributed by atoms with Crippen molar-refractivity contribution in [2.45, 2.75) is 25.3 Å². The molecule has 1 aromatic rings. The van der Waals surface area contributed by atoms with Crippen LogP contribution in [0.5, 0.6) is 5.75 Å². The van der Waals surface area contributed by atoms with Crippen LogP contribution < -0.4 is 10.5 Å². The topological polar surface area (TPSA) is 61.6 Å². The maximum atomic E-state index is 11.8. The fraction of sp³-hybridized carbons (Fsp3) is 0.500. The van der Waals surface area contributed by atoms with Gasteiger partial charge in [0.05, 0.1) is 0 Å². The number of ether oxygens (including phenoxy) is 2. The molecule has 1 aliphatic rings. The molecule has 18 heavy (non-hydrogen) atoms. The molecule has 1 aromatic carbocycles. The number of nitrogens with two attached hydrogens (primary N) is 1. The summed E-state index contributed by atoms with van der Waals surface area (Å²) >= 11 is 0. The summed E-state index contributed by atoms with van der Waals surface area (Å²) in [6.07, 6.45) is 2.03. The molecule has 0 radical (unpaired) electrons. The predicted octanol–water partition coefficient (Wildman–Crippen LogP) is 1.74. The molecule has 1 fully saturated rings. The summed E-state index contributed by atoms with van der Waals surface area (Å²) in [5.74, 6) is 0.716. The molecule has 1 aliphatic carbocycles. The van der Waals surface area contributed by atoms with Crippen molar-refractivity contribution in [2.24, 2.45) is 11.7 Å². The summed E-state index contributed by atoms with van der Waals surface area (Å²) < 4.78 is 10.6. The van der Waals surface area contributed by atoms with E-state index in [-0.39, 0.29) is 18.5 Å². The third kappa shape index (κ3) is 3.23. The molecular weight excluding hydrogens is 230 g/mol. The first kappa shape index (κ1) is 12.9. The van der Waals surface area contributed by atoms with E-state index in [1.54, 1.807) is 6.92 Å². The monoisotopic (exact) mass is 249 g/mol. The van der Waals surface area contributed by atoms with Crippen LogP contribution in [0.25, 0.3) is 0 Å². The minimum Gasteiger partial charge on any atom is -0.490 e. The van der Waals surface area contributed by atoms with E-state index in [0.29, 0.717) is 6.61 Å². The zero-order chi connectivity index (χ0) is 13.0. The number of para-hydroxylation sites is 1. The van der Waals surface area contributed by atoms with Gasteiger partial charge in [-0.1, -0.05) is 18.2 Å². The fourth-order valence-corrected chi connectivity index (χ4v) is 1.82. The SMILES string of the molecule is CC(N)(C(=O)OCCOc1ccccc1)C1CC1. The van der Waals surface area contributed by atoms with Crippen LogP contribution in [0.2, 0.25) is 0 Å². The Labute approximate surface area is 107 Å². The Bertz CT molecular complexity index is 399. The first-order valence-corrected chi connectivity index (χ1v) is 6.24. The summed E-state index contributed by atoms with van der Waals surface area (Å²) in [6.45, 7) is 2.31. The van der Waals surface area contributed by atoms with Crippen LogP contribution in [-0.2, 0) is 9.53 Å². The summed E-state index contributed by atoms with van der Waals surface area (Å²) in [5.41, 5.74) is 5.10. The summed E-state index contributed by atoms with van der Waals surface area (Å²) in [5, 5.41) is 0. The molecule has 0 amide bonds. The number of rotatable bonds is 6. The zero-order valence-electron chi connectivity index (χ0n) is 10.6. The molecule has 1 unspecified atom stereocenters. The quantitative estimate of drug-likeness (QED) is 0.616. The molecule has 0 saturated heterocycles. The third-order valence-electron chi connectivity index (χ3n) is 3.19. The molecular formula is C14H19NO3. The van der Waals surface area contributed by atoms with E-state index in [9.17, 15) is 4.79 Å². The third-order valence-corrected chi connectivity index (χ3v) is 3.19. The van der Waals surface area contributed by atoms with Crippen molar-refractivity contribution in [1.82, 2.24) is 0 Å². The van der Waals surface area contributed by atoms with Crippen molar-refractivity contribution in [3.05, 3.63) is 30.3 Å². The Hall–Kier alpha value is -1.55. The second kappa shape index (κ2) is 5.40. The minimum absolute atomic E-state index is 0.229. The smallest absolute Gasteiger partial charge is 0.326 e. The van der Waals surface area contributed by atoms with E-state index >= 15 is 0 Å². The summed E-state index contributed by atoms with van der Waals surface area (Å²) in [7, 11) is 0. The van der Waals surface area contributed by atoms with Gasteiger partial charge in [-0.15, -0.1) is 0 Å². The second-order valence-corrected chi connectivity index (χ2v) is 4.85. The Morgan fingerprint density at radius 1 is 1.33 bits per heavy atom. The molecule has 0 bridgehead atoms. The molecule has 0 aromatic heterocycles. The molecule has 0 aliphatic heterocycles. The first-order valence-electron chi connectivity index (χ1n) is 6.24. The van der Waals surface area contributed by atoms with Gasteiger partial charge in [0.25, 0.3) is 0 Å². The van der Waals surface area contributed by atoms with E-state index < -0.39 is 5.54 Å². The predicted molar refractivity (Wildman–Crippen MR) is 68.2 cm³/mol. The lowest BCUT2D eigenvalue weighted by Crippen LogP contribution is -2.48. The number of benzene rings is 1. The molecule has 2 N–H and O–H groups in total. The standard InChI is InChI=1S/C14H19NO3/c1-14(15,11-7-8-11)13(16)18-10-9-17-12-5-3-2-4-6-12/h2-6,11H,7-10,15H2,1H3. The van der Waals surface area contributed by atoms with Crippen LogP contribution in [0.4, 0.5) is 0 Å². The minimum atomic E-state index is -0.841. The largest absolute Gasteiger partial charge is 0.490 e. The van der Waals surface area contributed by atoms with Crippen LogP contribution in [0.1, 0.15) is 19.8 Å². The maximum absolute atomic E-state index is 11.8. The Kier molecular flexibility index (Phi) is 3.87. The highest BCUT2D eigenvalue weighted by atomic mass is 16.6. The Balaban J connectivity index is 1.68. The summed E-state index contributed by atoms with van der Waals surface area (Å²) in [4.78, 5) is 11.8. The lowest BCUT2D eigenvalue weighted by Gasteiger charge is -2.21. The van der Waals surface area contributed by atoms with Crippen molar-refractivity contribution in [3.8, 4) is 5.75 Å². The van der Waals surface area contributed by atoms with Gasteiger partial charge in [-0.3, -0.25) is 4.79 Å². The van der Waals surface area contributed by atoms with Gasteiger partial charge in [0.1, 0.15) is 24.5 Å². The molecule has 2 rings (SSSR count). The molecule has 0 spiro atoms. The van der Waals surface area contributed by atoms with E-state index in [2.05, 4.69) is 0 Å². The van der Waals surface area contributed by atoms with Crippen LogP contribution in [-0.4, -0.2) is 24.7 Å². The van der Waals surface area contributed by atoms with E-state index in [1.165, 1.54) is 0 Å². The van der Waals surface area contributed by atoms with Crippen molar-refractivity contribution >= 4 is 5.97 Å². The zero-order valence-corrected chi connectivity index (χ0v) is 10.6. The van der Waals surface area contributed by atoms with E-state index in [4.69, 9.17) is 15.2 Å². The average molecular weight is 249 g/mol.